The predicted octanol–water partition coefficient (Wildman–Crippen LogP) is 0.550. The third-order valence-electron chi connectivity index (χ3n) is 4.23. The van der Waals surface area contributed by atoms with Crippen molar-refractivity contribution in [3.8, 4) is 0 Å². The average Bonchev–Trinajstić information content (AvgIpc) is 2.35. The molecule has 3 heterocycles. The Hall–Kier alpha value is -2.31. The topological polar surface area (TPSA) is 85.8 Å². The van der Waals surface area contributed by atoms with Gasteiger partial charge in [-0.15, -0.1) is 0 Å². The second-order valence-corrected chi connectivity index (χ2v) is 5.87. The minimum absolute atomic E-state index is 0.115. The van der Waals surface area contributed by atoms with Crippen molar-refractivity contribution in [2.24, 2.45) is 5.41 Å². The van der Waals surface area contributed by atoms with Crippen molar-refractivity contribution in [3.63, 3.8) is 0 Å². The molecule has 1 aromatic heterocycles. The maximum atomic E-state index is 11.5. The summed E-state index contributed by atoms with van der Waals surface area (Å²) in [7, 11) is 1.58. The van der Waals surface area contributed by atoms with Gasteiger partial charge in [0.25, 0.3) is 5.91 Å². The Bertz CT molecular complexity index is 602. The molecule has 112 valence electrons. The summed E-state index contributed by atoms with van der Waals surface area (Å²) in [4.78, 5) is 30.3. The van der Waals surface area contributed by atoms with Crippen LogP contribution < -0.4 is 10.2 Å². The van der Waals surface area contributed by atoms with E-state index in [0.29, 0.717) is 18.8 Å². The molecule has 1 spiro atoms. The summed E-state index contributed by atoms with van der Waals surface area (Å²) in [6, 6.07) is 3.63. The van der Waals surface area contributed by atoms with E-state index < -0.39 is 6.09 Å². The Labute approximate surface area is 122 Å². The molecule has 21 heavy (non-hydrogen) atoms. The Balaban J connectivity index is 1.65. The number of hydrogen-bond acceptors (Lipinski definition) is 4. The van der Waals surface area contributed by atoms with Crippen LogP contribution in [0.25, 0.3) is 0 Å². The maximum Gasteiger partial charge on any atom is 0.407 e. The van der Waals surface area contributed by atoms with Crippen LogP contribution in [-0.4, -0.2) is 60.2 Å². The zero-order chi connectivity index (χ0) is 15.2. The number of nitrogens with zero attached hydrogens (tertiary/aromatic N) is 3. The molecule has 2 saturated heterocycles. The van der Waals surface area contributed by atoms with Gasteiger partial charge in [0, 0.05) is 38.6 Å². The van der Waals surface area contributed by atoms with Gasteiger partial charge < -0.3 is 20.2 Å². The third kappa shape index (κ3) is 2.18. The van der Waals surface area contributed by atoms with E-state index in [1.54, 1.807) is 13.1 Å². The average molecular weight is 290 g/mol. The van der Waals surface area contributed by atoms with Crippen molar-refractivity contribution >= 4 is 17.7 Å². The molecule has 7 heteroatoms. The SMILES string of the molecule is CNC(=O)c1ccc(N2CC3(CN(C(=O)O)C3)C2)c(C)n1. The molecule has 2 fully saturated rings. The smallest absolute Gasteiger partial charge is 0.407 e. The molecule has 0 aliphatic carbocycles. The van der Waals surface area contributed by atoms with Crippen molar-refractivity contribution in [2.75, 3.05) is 38.1 Å². The molecular formula is C14H18N4O3. The fourth-order valence-electron chi connectivity index (χ4n) is 3.17. The van der Waals surface area contributed by atoms with E-state index in [1.807, 2.05) is 13.0 Å². The molecule has 2 amide bonds. The van der Waals surface area contributed by atoms with Gasteiger partial charge in [-0.1, -0.05) is 0 Å². The fraction of sp³-hybridized carbons (Fsp3) is 0.500. The number of carbonyl (C=O) groups is 2. The van der Waals surface area contributed by atoms with Gasteiger partial charge in [-0.05, 0) is 19.1 Å². The lowest BCUT2D eigenvalue weighted by atomic mass is 9.73. The summed E-state index contributed by atoms with van der Waals surface area (Å²) < 4.78 is 0. The molecule has 0 unspecified atom stereocenters. The first-order chi connectivity index (χ1) is 9.94. The molecule has 2 N–H and O–H groups in total. The largest absolute Gasteiger partial charge is 0.465 e. The van der Waals surface area contributed by atoms with Gasteiger partial charge in [-0.3, -0.25) is 4.79 Å². The number of rotatable bonds is 2. The summed E-state index contributed by atoms with van der Waals surface area (Å²) in [6.07, 6.45) is -0.841. The number of amides is 2. The van der Waals surface area contributed by atoms with Crippen LogP contribution in [0.5, 0.6) is 0 Å². The molecule has 0 atom stereocenters. The highest BCUT2D eigenvalue weighted by molar-refractivity contribution is 5.92. The van der Waals surface area contributed by atoms with Crippen molar-refractivity contribution < 1.29 is 14.7 Å². The first kappa shape index (κ1) is 13.7. The predicted molar refractivity (Wildman–Crippen MR) is 76.6 cm³/mol. The summed E-state index contributed by atoms with van der Waals surface area (Å²) >= 11 is 0. The van der Waals surface area contributed by atoms with Crippen LogP contribution in [0, 0.1) is 12.3 Å². The number of nitrogens with one attached hydrogen (secondary N) is 1. The van der Waals surface area contributed by atoms with E-state index in [1.165, 1.54) is 4.90 Å². The highest BCUT2D eigenvalue weighted by Crippen LogP contribution is 2.42. The number of aryl methyl sites for hydroxylation is 1. The molecular weight excluding hydrogens is 272 g/mol. The highest BCUT2D eigenvalue weighted by Gasteiger charge is 2.53. The van der Waals surface area contributed by atoms with Crippen LogP contribution in [0.3, 0.4) is 0 Å². The van der Waals surface area contributed by atoms with Gasteiger partial charge in [0.15, 0.2) is 0 Å². The van der Waals surface area contributed by atoms with Crippen LogP contribution in [-0.2, 0) is 0 Å². The second kappa shape index (κ2) is 4.61. The lowest BCUT2D eigenvalue weighted by molar-refractivity contribution is -0.00949. The summed E-state index contributed by atoms with van der Waals surface area (Å²) in [5.74, 6) is -0.194. The van der Waals surface area contributed by atoms with Gasteiger partial charge in [0.2, 0.25) is 0 Å². The Morgan fingerprint density at radius 2 is 1.95 bits per heavy atom. The number of hydrogen-bond donors (Lipinski definition) is 2. The first-order valence-electron chi connectivity index (χ1n) is 6.87. The number of carbonyl (C=O) groups excluding carboxylic acids is 1. The van der Waals surface area contributed by atoms with Gasteiger partial charge in [-0.25, -0.2) is 9.78 Å². The molecule has 2 aliphatic heterocycles. The van der Waals surface area contributed by atoms with E-state index in [4.69, 9.17) is 5.11 Å². The minimum atomic E-state index is -0.841. The molecule has 0 aromatic carbocycles. The van der Waals surface area contributed by atoms with Gasteiger partial charge in [0.1, 0.15) is 5.69 Å². The zero-order valence-corrected chi connectivity index (χ0v) is 12.1. The molecule has 7 nitrogen and oxygen atoms in total. The maximum absolute atomic E-state index is 11.5. The quantitative estimate of drug-likeness (QED) is 0.830. The third-order valence-corrected chi connectivity index (χ3v) is 4.23. The van der Waals surface area contributed by atoms with Crippen LogP contribution in [0.15, 0.2) is 12.1 Å². The van der Waals surface area contributed by atoms with Crippen LogP contribution in [0.4, 0.5) is 10.5 Å². The fourth-order valence-corrected chi connectivity index (χ4v) is 3.17. The van der Waals surface area contributed by atoms with Crippen molar-refractivity contribution in [2.45, 2.75) is 6.92 Å². The number of anilines is 1. The van der Waals surface area contributed by atoms with Crippen LogP contribution in [0.1, 0.15) is 16.2 Å². The lowest BCUT2D eigenvalue weighted by Gasteiger charge is -2.60. The summed E-state index contributed by atoms with van der Waals surface area (Å²) in [6.45, 7) is 4.80. The number of carboxylic acid groups (broad SMARTS) is 1. The van der Waals surface area contributed by atoms with Crippen molar-refractivity contribution in [1.82, 2.24) is 15.2 Å². The molecule has 0 bridgehead atoms. The molecule has 2 aliphatic rings. The van der Waals surface area contributed by atoms with E-state index in [0.717, 1.165) is 24.5 Å². The highest BCUT2D eigenvalue weighted by atomic mass is 16.4. The Morgan fingerprint density at radius 3 is 2.48 bits per heavy atom. The van der Waals surface area contributed by atoms with E-state index in [-0.39, 0.29) is 11.3 Å². The van der Waals surface area contributed by atoms with Gasteiger partial charge in [-0.2, -0.15) is 0 Å². The second-order valence-electron chi connectivity index (χ2n) is 5.87. The Morgan fingerprint density at radius 1 is 1.29 bits per heavy atom. The normalized spacial score (nSPS) is 19.0. The van der Waals surface area contributed by atoms with E-state index >= 15 is 0 Å². The van der Waals surface area contributed by atoms with Gasteiger partial charge >= 0.3 is 6.09 Å². The number of pyridine rings is 1. The van der Waals surface area contributed by atoms with Crippen LogP contribution in [0.2, 0.25) is 0 Å². The van der Waals surface area contributed by atoms with Crippen LogP contribution >= 0.6 is 0 Å². The Kier molecular flexibility index (Phi) is 3.00. The zero-order valence-electron chi connectivity index (χ0n) is 12.1. The summed E-state index contributed by atoms with van der Waals surface area (Å²) in [5.41, 5.74) is 2.36. The minimum Gasteiger partial charge on any atom is -0.465 e. The number of likely N-dealkylation sites (tertiary alicyclic amines) is 1. The lowest BCUT2D eigenvalue weighted by Crippen LogP contribution is -2.73. The van der Waals surface area contributed by atoms with Gasteiger partial charge in [0.05, 0.1) is 11.4 Å². The molecule has 0 radical (unpaired) electrons. The van der Waals surface area contributed by atoms with Crippen molar-refractivity contribution in [1.29, 1.82) is 0 Å². The molecule has 3 rings (SSSR count). The molecule has 0 saturated carbocycles. The number of aromatic nitrogens is 1. The molecule has 1 aromatic rings. The van der Waals surface area contributed by atoms with E-state index in [2.05, 4.69) is 15.2 Å². The van der Waals surface area contributed by atoms with Crippen molar-refractivity contribution in [3.05, 3.63) is 23.5 Å². The standard InChI is InChI=1S/C14H18N4O3/c1-9-11(4-3-10(16-9)12(19)15-2)17-5-14(6-17)7-18(8-14)13(20)21/h3-4H,5-8H2,1-2H3,(H,15,19)(H,20,21). The monoisotopic (exact) mass is 290 g/mol. The van der Waals surface area contributed by atoms with E-state index in [9.17, 15) is 9.59 Å². The first-order valence-corrected chi connectivity index (χ1v) is 6.87. The summed E-state index contributed by atoms with van der Waals surface area (Å²) in [5, 5.41) is 11.4.